The minimum atomic E-state index is -4.71. The van der Waals surface area contributed by atoms with Crippen molar-refractivity contribution in [3.63, 3.8) is 0 Å². The number of nitrogens with one attached hydrogen (secondary N) is 1. The number of nitrogens with zero attached hydrogens (tertiary/aromatic N) is 1. The fourth-order valence-corrected chi connectivity index (χ4v) is 11.1. The standard InChI is InChI=1S/C77H139N2O7P/c1-7-10-13-16-19-22-25-28-30-32-34-36-38-39-41-43-45-47-49-52-55-58-61-64-67-70-77(81)86-75(68-65-62-59-56-53-50-27-24-21-18-15-12-9-3)74(73-85-87(82,83)84-72-71-79(4,5)6)78-76(80)69-66-63-60-57-54-51-48-46-44-42-40-37-35-33-31-29-26-23-20-17-14-11-8-2/h11,14,19-20,22-23,28-31,35,37,42,44,65,68,74-75H,7-10,12-13,15-18,21,24-27,32-34,36,38-41,43,45-64,66-67,69-73H2,1-6H3,(H-,78,80,82,83)/b14-11-,22-19-,23-20-,30-28-,31-29-,37-35-,44-42-,68-65+. The van der Waals surface area contributed by atoms with Gasteiger partial charge in [0.05, 0.1) is 33.8 Å². The Morgan fingerprint density at radius 3 is 1.13 bits per heavy atom. The number of phosphoric ester groups is 1. The highest BCUT2D eigenvalue weighted by Gasteiger charge is 2.27. The maximum absolute atomic E-state index is 13.6. The van der Waals surface area contributed by atoms with E-state index in [4.69, 9.17) is 13.8 Å². The number of hydrogen-bond donors (Lipinski definition) is 1. The Bertz CT molecular complexity index is 1810. The van der Waals surface area contributed by atoms with Crippen LogP contribution in [0.15, 0.2) is 97.2 Å². The second-order valence-corrected chi connectivity index (χ2v) is 27.1. The lowest BCUT2D eigenvalue weighted by Crippen LogP contribution is -2.47. The molecular weight excluding hydrogens is 1100 g/mol. The Balaban J connectivity index is 5.09. The molecule has 0 spiro atoms. The highest BCUT2D eigenvalue weighted by atomic mass is 31.2. The van der Waals surface area contributed by atoms with Crippen molar-refractivity contribution in [2.45, 2.75) is 341 Å². The number of carbonyl (C=O) groups excluding carboxylic acids is 2. The van der Waals surface area contributed by atoms with Crippen LogP contribution < -0.4 is 10.2 Å². The van der Waals surface area contributed by atoms with Gasteiger partial charge in [-0.25, -0.2) is 0 Å². The van der Waals surface area contributed by atoms with Crippen molar-refractivity contribution >= 4 is 19.7 Å². The normalized spacial score (nSPS) is 14.1. The summed E-state index contributed by atoms with van der Waals surface area (Å²) in [6.45, 7) is 6.73. The molecule has 504 valence electrons. The first-order valence-electron chi connectivity index (χ1n) is 36.5. The van der Waals surface area contributed by atoms with E-state index in [1.54, 1.807) is 0 Å². The second-order valence-electron chi connectivity index (χ2n) is 25.7. The van der Waals surface area contributed by atoms with Gasteiger partial charge in [-0.3, -0.25) is 14.2 Å². The highest BCUT2D eigenvalue weighted by Crippen LogP contribution is 2.38. The van der Waals surface area contributed by atoms with Gasteiger partial charge in [0.1, 0.15) is 19.3 Å². The van der Waals surface area contributed by atoms with Crippen LogP contribution >= 0.6 is 7.82 Å². The number of amides is 1. The molecule has 87 heavy (non-hydrogen) atoms. The van der Waals surface area contributed by atoms with E-state index in [2.05, 4.69) is 111 Å². The molecule has 0 aliphatic rings. The van der Waals surface area contributed by atoms with Crippen LogP contribution in [0.5, 0.6) is 0 Å². The minimum Gasteiger partial charge on any atom is -0.756 e. The maximum Gasteiger partial charge on any atom is 0.306 e. The topological polar surface area (TPSA) is 114 Å². The van der Waals surface area contributed by atoms with E-state index in [-0.39, 0.29) is 24.9 Å². The van der Waals surface area contributed by atoms with Gasteiger partial charge in [-0.2, -0.15) is 0 Å². The van der Waals surface area contributed by atoms with Crippen molar-refractivity contribution < 1.29 is 37.3 Å². The average Bonchev–Trinajstić information content (AvgIpc) is 3.69. The smallest absolute Gasteiger partial charge is 0.306 e. The van der Waals surface area contributed by atoms with Gasteiger partial charge in [0.25, 0.3) is 7.82 Å². The lowest BCUT2D eigenvalue weighted by molar-refractivity contribution is -0.870. The third kappa shape index (κ3) is 67.2. The predicted molar refractivity (Wildman–Crippen MR) is 376 cm³/mol. The maximum atomic E-state index is 13.6. The van der Waals surface area contributed by atoms with Crippen LogP contribution in [0.3, 0.4) is 0 Å². The molecule has 0 aromatic heterocycles. The van der Waals surface area contributed by atoms with Gasteiger partial charge in [-0.1, -0.05) is 305 Å². The number of unbranched alkanes of at least 4 members (excludes halogenated alkanes) is 36. The molecule has 3 atom stereocenters. The largest absolute Gasteiger partial charge is 0.756 e. The van der Waals surface area contributed by atoms with Crippen LogP contribution in [-0.4, -0.2) is 69.4 Å². The van der Waals surface area contributed by atoms with Crippen LogP contribution in [0, 0.1) is 0 Å². The minimum absolute atomic E-state index is 0.0277. The zero-order valence-electron chi connectivity index (χ0n) is 57.7. The van der Waals surface area contributed by atoms with E-state index >= 15 is 0 Å². The van der Waals surface area contributed by atoms with Crippen molar-refractivity contribution in [2.24, 2.45) is 0 Å². The Kier molecular flexibility index (Phi) is 63.5. The summed E-state index contributed by atoms with van der Waals surface area (Å²) >= 11 is 0. The molecule has 9 nitrogen and oxygen atoms in total. The molecule has 0 aliphatic carbocycles. The molecule has 0 saturated heterocycles. The van der Waals surface area contributed by atoms with Crippen LogP contribution in [0.4, 0.5) is 0 Å². The number of rotatable bonds is 66. The van der Waals surface area contributed by atoms with Gasteiger partial charge in [-0.05, 0) is 109 Å². The number of carbonyl (C=O) groups is 2. The third-order valence-electron chi connectivity index (χ3n) is 16.0. The van der Waals surface area contributed by atoms with E-state index in [9.17, 15) is 19.0 Å². The second kappa shape index (κ2) is 65.9. The van der Waals surface area contributed by atoms with E-state index in [0.717, 1.165) is 109 Å². The average molecular weight is 1240 g/mol. The fraction of sp³-hybridized carbons (Fsp3) is 0.766. The summed E-state index contributed by atoms with van der Waals surface area (Å²) in [7, 11) is 1.18. The molecule has 0 aromatic carbocycles. The molecule has 0 fully saturated rings. The molecule has 0 aromatic rings. The lowest BCUT2D eigenvalue weighted by Gasteiger charge is -2.30. The van der Waals surface area contributed by atoms with Gasteiger partial charge in [0.15, 0.2) is 0 Å². The first-order valence-corrected chi connectivity index (χ1v) is 38.0. The van der Waals surface area contributed by atoms with Crippen molar-refractivity contribution in [3.8, 4) is 0 Å². The highest BCUT2D eigenvalue weighted by molar-refractivity contribution is 7.45. The summed E-state index contributed by atoms with van der Waals surface area (Å²) in [5.41, 5.74) is 0. The lowest BCUT2D eigenvalue weighted by atomic mass is 10.0. The summed E-state index contributed by atoms with van der Waals surface area (Å²) < 4.78 is 30.5. The molecule has 1 amide bonds. The number of hydrogen-bond acceptors (Lipinski definition) is 7. The number of allylic oxidation sites excluding steroid dienone is 15. The van der Waals surface area contributed by atoms with E-state index < -0.39 is 26.6 Å². The van der Waals surface area contributed by atoms with Crippen LogP contribution in [0.2, 0.25) is 0 Å². The quantitative estimate of drug-likeness (QED) is 0.0212. The third-order valence-corrected chi connectivity index (χ3v) is 17.0. The van der Waals surface area contributed by atoms with Crippen molar-refractivity contribution in [3.05, 3.63) is 97.2 Å². The Hall–Kier alpha value is -3.07. The molecule has 0 aliphatic heterocycles. The number of likely N-dealkylation sites (N-methyl/N-ethyl adjacent to an activating group) is 1. The Morgan fingerprint density at radius 1 is 0.414 bits per heavy atom. The summed E-state index contributed by atoms with van der Waals surface area (Å²) in [4.78, 5) is 40.3. The van der Waals surface area contributed by atoms with Crippen LogP contribution in [0.1, 0.15) is 329 Å². The molecule has 1 N–H and O–H groups in total. The zero-order chi connectivity index (χ0) is 63.5. The molecule has 0 radical (unpaired) electrons. The van der Waals surface area contributed by atoms with Gasteiger partial charge in [-0.15, -0.1) is 0 Å². The van der Waals surface area contributed by atoms with Crippen molar-refractivity contribution in [1.82, 2.24) is 5.32 Å². The van der Waals surface area contributed by atoms with Gasteiger partial charge in [0.2, 0.25) is 5.91 Å². The van der Waals surface area contributed by atoms with E-state index in [1.165, 1.54) is 186 Å². The molecule has 10 heteroatoms. The fourth-order valence-electron chi connectivity index (χ4n) is 10.4. The summed E-state index contributed by atoms with van der Waals surface area (Å²) in [6.07, 6.45) is 89.6. The van der Waals surface area contributed by atoms with Crippen molar-refractivity contribution in [1.29, 1.82) is 0 Å². The number of esters is 1. The first kappa shape index (κ1) is 83.9. The summed E-state index contributed by atoms with van der Waals surface area (Å²) in [5.74, 6) is -0.547. The van der Waals surface area contributed by atoms with Crippen LogP contribution in [0.25, 0.3) is 0 Å². The van der Waals surface area contributed by atoms with Gasteiger partial charge >= 0.3 is 5.97 Å². The Morgan fingerprint density at radius 2 is 0.736 bits per heavy atom. The number of phosphoric acid groups is 1. The monoisotopic (exact) mass is 1240 g/mol. The number of quaternary nitrogens is 1. The molecule has 0 bridgehead atoms. The predicted octanol–water partition coefficient (Wildman–Crippen LogP) is 22.8. The zero-order valence-corrected chi connectivity index (χ0v) is 58.6. The van der Waals surface area contributed by atoms with Gasteiger partial charge in [0, 0.05) is 12.8 Å². The van der Waals surface area contributed by atoms with Crippen molar-refractivity contribution in [2.75, 3.05) is 40.9 Å². The molecular formula is C77H139N2O7P. The number of ether oxygens (including phenoxy) is 1. The first-order chi connectivity index (χ1) is 42.4. The SMILES string of the molecule is CC/C=C\C/C=C\C/C=C\C/C=C\C/C=C\CCCCCCCCCC(=O)NC(COP(=O)([O-])OCC[N+](C)(C)C)C(/C=C/CCCCCCCCCCCCC)OC(=O)CCCCCCCCCCCCCCCCC/C=C\C/C=C\CCCCC. The van der Waals surface area contributed by atoms with Crippen LogP contribution in [-0.2, 0) is 27.9 Å². The van der Waals surface area contributed by atoms with E-state index in [0.29, 0.717) is 17.4 Å². The Labute approximate surface area is 538 Å². The summed E-state index contributed by atoms with van der Waals surface area (Å²) in [5, 5.41) is 3.04. The summed E-state index contributed by atoms with van der Waals surface area (Å²) in [6, 6.07) is -0.900. The van der Waals surface area contributed by atoms with E-state index in [1.807, 2.05) is 33.3 Å². The molecule has 0 saturated carbocycles. The molecule has 3 unspecified atom stereocenters. The molecule has 0 heterocycles. The van der Waals surface area contributed by atoms with Gasteiger partial charge < -0.3 is 28.5 Å². The molecule has 0 rings (SSSR count).